The van der Waals surface area contributed by atoms with E-state index in [4.69, 9.17) is 8.94 Å². The van der Waals surface area contributed by atoms with Gasteiger partial charge in [-0.3, -0.25) is 14.6 Å². The average Bonchev–Trinajstić information content (AvgIpc) is 3.60. The Kier molecular flexibility index (Phi) is 5.61. The first-order valence-corrected chi connectivity index (χ1v) is 10.7. The number of H-pyrrole nitrogens is 1. The molecule has 0 aliphatic carbocycles. The molecule has 5 rings (SSSR count). The Hall–Kier alpha value is -4.73. The zero-order valence-corrected chi connectivity index (χ0v) is 18.2. The minimum atomic E-state index is -0.509. The number of nitrogens with zero attached hydrogens (tertiary/aromatic N) is 4. The number of nitrogens with one attached hydrogen (secondary N) is 2. The highest BCUT2D eigenvalue weighted by Gasteiger charge is 2.20. The van der Waals surface area contributed by atoms with Gasteiger partial charge in [0.25, 0.3) is 11.5 Å². The molecule has 0 aliphatic heterocycles. The van der Waals surface area contributed by atoms with E-state index in [1.54, 1.807) is 24.3 Å². The van der Waals surface area contributed by atoms with Crippen LogP contribution in [0.3, 0.4) is 0 Å². The van der Waals surface area contributed by atoms with Crippen LogP contribution in [-0.4, -0.2) is 30.8 Å². The van der Waals surface area contributed by atoms with Crippen LogP contribution in [0.4, 0.5) is 5.82 Å². The molecule has 10 heteroatoms. The lowest BCUT2D eigenvalue weighted by Crippen LogP contribution is -2.19. The molecule has 0 radical (unpaired) electrons. The van der Waals surface area contributed by atoms with Gasteiger partial charge in [0.05, 0.1) is 6.26 Å². The molecule has 1 amide bonds. The second-order valence-corrected chi connectivity index (χ2v) is 7.51. The molecule has 0 aliphatic rings. The van der Waals surface area contributed by atoms with E-state index in [2.05, 4.69) is 25.5 Å². The minimum absolute atomic E-state index is 0.0901. The predicted octanol–water partition coefficient (Wildman–Crippen LogP) is 4.08. The lowest BCUT2D eigenvalue weighted by Gasteiger charge is -2.08. The van der Waals surface area contributed by atoms with Crippen LogP contribution in [0.25, 0.3) is 28.7 Å². The third-order valence-corrected chi connectivity index (χ3v) is 5.01. The molecule has 1 aromatic carbocycles. The van der Waals surface area contributed by atoms with Gasteiger partial charge in [-0.15, -0.1) is 0 Å². The maximum absolute atomic E-state index is 13.0. The summed E-state index contributed by atoms with van der Waals surface area (Å²) in [5.74, 6) is 0.902. The fraction of sp³-hybridized carbons (Fsp3) is 0.125. The first kappa shape index (κ1) is 21.1. The number of amides is 1. The molecule has 0 fully saturated rings. The third kappa shape index (κ3) is 4.29. The fourth-order valence-electron chi connectivity index (χ4n) is 3.46. The number of furan rings is 1. The number of hydrogen-bond acceptors (Lipinski definition) is 7. The molecule has 2 N–H and O–H groups in total. The van der Waals surface area contributed by atoms with Crippen LogP contribution >= 0.6 is 0 Å². The normalized spacial score (nSPS) is 11.0. The molecule has 0 unspecified atom stereocenters. The number of benzene rings is 1. The highest BCUT2D eigenvalue weighted by Crippen LogP contribution is 2.25. The quantitative estimate of drug-likeness (QED) is 0.377. The lowest BCUT2D eigenvalue weighted by molar-refractivity contribution is 0.101. The summed E-state index contributed by atoms with van der Waals surface area (Å²) in [7, 11) is 0. The van der Waals surface area contributed by atoms with Gasteiger partial charge in [-0.25, -0.2) is 4.98 Å². The zero-order valence-electron chi connectivity index (χ0n) is 18.2. The van der Waals surface area contributed by atoms with E-state index >= 15 is 0 Å². The van der Waals surface area contributed by atoms with Crippen LogP contribution in [0.15, 0.2) is 80.7 Å². The van der Waals surface area contributed by atoms with Crippen LogP contribution in [-0.2, 0) is 6.42 Å². The fourth-order valence-corrected chi connectivity index (χ4v) is 3.46. The van der Waals surface area contributed by atoms with E-state index in [0.717, 1.165) is 12.0 Å². The van der Waals surface area contributed by atoms with E-state index in [1.165, 1.54) is 17.0 Å². The third-order valence-electron chi connectivity index (χ3n) is 5.01. The zero-order chi connectivity index (χ0) is 23.5. The lowest BCUT2D eigenvalue weighted by atomic mass is 10.1. The number of carbonyl (C=O) groups is 1. The first-order valence-electron chi connectivity index (χ1n) is 10.7. The van der Waals surface area contributed by atoms with Crippen molar-refractivity contribution in [3.8, 4) is 28.7 Å². The maximum Gasteiger partial charge on any atom is 0.279 e. The molecule has 0 saturated carbocycles. The molecule has 10 nitrogen and oxygen atoms in total. The molecule has 0 bridgehead atoms. The van der Waals surface area contributed by atoms with Gasteiger partial charge in [-0.2, -0.15) is 9.78 Å². The Labute approximate surface area is 193 Å². The Bertz CT molecular complexity index is 1480. The summed E-state index contributed by atoms with van der Waals surface area (Å²) in [6.45, 7) is 2.00. The van der Waals surface area contributed by atoms with Gasteiger partial charge < -0.3 is 14.3 Å². The average molecular weight is 456 g/mol. The van der Waals surface area contributed by atoms with E-state index in [0.29, 0.717) is 29.3 Å². The molecular weight excluding hydrogens is 436 g/mol. The standard InChI is InChI=1S/C24H20N6O4/c1-2-7-16-12-22(31)27-24(25-16)30-21(14-17(28-30)19-10-6-11-33-19)26-23(32)18-13-20(34-29-18)15-8-4-3-5-9-15/h3-6,8-14H,2,7H2,1H3,(H,26,32)(H,25,27,31). The Morgan fingerprint density at radius 2 is 1.94 bits per heavy atom. The van der Waals surface area contributed by atoms with E-state index in [9.17, 15) is 9.59 Å². The summed E-state index contributed by atoms with van der Waals surface area (Å²) < 4.78 is 12.1. The number of hydrogen-bond donors (Lipinski definition) is 2. The van der Waals surface area contributed by atoms with Crippen molar-refractivity contribution in [3.63, 3.8) is 0 Å². The summed E-state index contributed by atoms with van der Waals surface area (Å²) in [4.78, 5) is 32.4. The summed E-state index contributed by atoms with van der Waals surface area (Å²) in [6.07, 6.45) is 2.98. The van der Waals surface area contributed by atoms with Gasteiger partial charge in [0, 0.05) is 29.5 Å². The molecule has 4 heterocycles. The second kappa shape index (κ2) is 9.02. The highest BCUT2D eigenvalue weighted by molar-refractivity contribution is 6.03. The number of aryl methyl sites for hydroxylation is 1. The van der Waals surface area contributed by atoms with Crippen molar-refractivity contribution in [3.05, 3.63) is 88.7 Å². The topological polar surface area (TPSA) is 132 Å². The van der Waals surface area contributed by atoms with Crippen LogP contribution < -0.4 is 10.9 Å². The van der Waals surface area contributed by atoms with Gasteiger partial charge in [-0.1, -0.05) is 48.8 Å². The molecule has 4 aromatic heterocycles. The van der Waals surface area contributed by atoms with E-state index in [1.807, 2.05) is 37.3 Å². The van der Waals surface area contributed by atoms with E-state index < -0.39 is 5.91 Å². The Morgan fingerprint density at radius 3 is 2.71 bits per heavy atom. The van der Waals surface area contributed by atoms with Crippen molar-refractivity contribution in [2.75, 3.05) is 5.32 Å². The van der Waals surface area contributed by atoms with Crippen LogP contribution in [0.2, 0.25) is 0 Å². The molecule has 0 atom stereocenters. The highest BCUT2D eigenvalue weighted by atomic mass is 16.5. The van der Waals surface area contributed by atoms with Crippen molar-refractivity contribution in [1.82, 2.24) is 24.9 Å². The minimum Gasteiger partial charge on any atom is -0.463 e. The van der Waals surface area contributed by atoms with Crippen molar-refractivity contribution in [2.45, 2.75) is 19.8 Å². The van der Waals surface area contributed by atoms with Gasteiger partial charge in [0.15, 0.2) is 17.2 Å². The van der Waals surface area contributed by atoms with Crippen LogP contribution in [0.5, 0.6) is 0 Å². The maximum atomic E-state index is 13.0. The Morgan fingerprint density at radius 1 is 1.09 bits per heavy atom. The number of aromatic amines is 1. The molecule has 170 valence electrons. The summed E-state index contributed by atoms with van der Waals surface area (Å²) in [5.41, 5.74) is 1.65. The van der Waals surface area contributed by atoms with Crippen molar-refractivity contribution >= 4 is 11.7 Å². The smallest absolute Gasteiger partial charge is 0.279 e. The number of aromatic nitrogens is 5. The molecular formula is C24H20N6O4. The van der Waals surface area contributed by atoms with Gasteiger partial charge in [0.2, 0.25) is 5.95 Å². The molecule has 0 saturated heterocycles. The number of rotatable bonds is 7. The number of anilines is 1. The second-order valence-electron chi connectivity index (χ2n) is 7.51. The van der Waals surface area contributed by atoms with Crippen molar-refractivity contribution in [1.29, 1.82) is 0 Å². The van der Waals surface area contributed by atoms with Crippen LogP contribution in [0, 0.1) is 0 Å². The monoisotopic (exact) mass is 456 g/mol. The van der Waals surface area contributed by atoms with Crippen molar-refractivity contribution < 1.29 is 13.7 Å². The summed E-state index contributed by atoms with van der Waals surface area (Å²) in [6, 6.07) is 17.4. The predicted molar refractivity (Wildman–Crippen MR) is 124 cm³/mol. The summed E-state index contributed by atoms with van der Waals surface area (Å²) >= 11 is 0. The SMILES string of the molecule is CCCc1cc(=O)[nH]c(-n2nc(-c3ccco3)cc2NC(=O)c2cc(-c3ccccc3)on2)n1. The summed E-state index contributed by atoms with van der Waals surface area (Å²) in [5, 5.41) is 11.2. The first-order chi connectivity index (χ1) is 16.6. The Balaban J connectivity index is 1.50. The van der Waals surface area contributed by atoms with Crippen LogP contribution in [0.1, 0.15) is 29.5 Å². The largest absolute Gasteiger partial charge is 0.463 e. The van der Waals surface area contributed by atoms with Crippen molar-refractivity contribution in [2.24, 2.45) is 0 Å². The van der Waals surface area contributed by atoms with Gasteiger partial charge >= 0.3 is 0 Å². The molecule has 34 heavy (non-hydrogen) atoms. The van der Waals surface area contributed by atoms with Gasteiger partial charge in [0.1, 0.15) is 11.5 Å². The van der Waals surface area contributed by atoms with Gasteiger partial charge in [-0.05, 0) is 18.6 Å². The van der Waals surface area contributed by atoms with E-state index in [-0.39, 0.29) is 23.0 Å². The molecule has 0 spiro atoms. The number of carbonyl (C=O) groups excluding carboxylic acids is 1. The molecule has 5 aromatic rings.